The molecule has 0 fully saturated rings. The van der Waals surface area contributed by atoms with Crippen molar-refractivity contribution in [3.8, 4) is 0 Å². The lowest BCUT2D eigenvalue weighted by molar-refractivity contribution is -0.384. The van der Waals surface area contributed by atoms with Crippen LogP contribution in [-0.2, 0) is 6.42 Å². The van der Waals surface area contributed by atoms with Gasteiger partial charge in [-0.05, 0) is 24.1 Å². The van der Waals surface area contributed by atoms with Crippen molar-refractivity contribution in [3.05, 3.63) is 58.5 Å². The molecule has 0 aliphatic carbocycles. The molecule has 0 spiro atoms. The molecule has 0 N–H and O–H groups in total. The van der Waals surface area contributed by atoms with Crippen molar-refractivity contribution in [2.24, 2.45) is 0 Å². The van der Waals surface area contributed by atoms with Crippen LogP contribution in [0.5, 0.6) is 0 Å². The monoisotopic (exact) mass is 258 g/mol. The predicted octanol–water partition coefficient (Wildman–Crippen LogP) is 2.06. The maximum absolute atomic E-state index is 10.7. The lowest BCUT2D eigenvalue weighted by atomic mass is 10.2. The Labute approximate surface area is 110 Å². The highest BCUT2D eigenvalue weighted by Crippen LogP contribution is 2.17. The number of nitrogens with zero attached hydrogens (tertiary/aromatic N) is 4. The second kappa shape index (κ2) is 5.90. The van der Waals surface area contributed by atoms with E-state index in [4.69, 9.17) is 0 Å². The van der Waals surface area contributed by atoms with Crippen LogP contribution < -0.4 is 4.90 Å². The highest BCUT2D eigenvalue weighted by atomic mass is 16.6. The summed E-state index contributed by atoms with van der Waals surface area (Å²) in [6, 6.07) is 6.77. The van der Waals surface area contributed by atoms with E-state index in [1.165, 1.54) is 23.9 Å². The van der Waals surface area contributed by atoms with Crippen molar-refractivity contribution < 1.29 is 4.92 Å². The number of hydrogen-bond acceptors (Lipinski definition) is 5. The fourth-order valence-corrected chi connectivity index (χ4v) is 1.69. The number of anilines is 1. The molecule has 0 amide bonds. The summed E-state index contributed by atoms with van der Waals surface area (Å²) in [5, 5.41) is 10.7. The molecule has 0 aliphatic heterocycles. The van der Waals surface area contributed by atoms with E-state index >= 15 is 0 Å². The lowest BCUT2D eigenvalue weighted by Gasteiger charge is -2.17. The van der Waals surface area contributed by atoms with Gasteiger partial charge >= 0.3 is 0 Å². The van der Waals surface area contributed by atoms with Gasteiger partial charge in [0.05, 0.1) is 11.0 Å². The minimum Gasteiger partial charge on any atom is -0.359 e. The molecule has 0 saturated carbocycles. The first-order valence-corrected chi connectivity index (χ1v) is 5.87. The number of rotatable bonds is 5. The summed E-state index contributed by atoms with van der Waals surface area (Å²) in [5.41, 5.74) is 1.23. The number of hydrogen-bond donors (Lipinski definition) is 0. The third-order valence-electron chi connectivity index (χ3n) is 2.82. The van der Waals surface area contributed by atoms with Crippen LogP contribution in [0.4, 0.5) is 11.5 Å². The molecule has 2 aromatic rings. The Kier molecular flexibility index (Phi) is 4.02. The van der Waals surface area contributed by atoms with Gasteiger partial charge in [-0.3, -0.25) is 15.1 Å². The number of aromatic nitrogens is 2. The molecule has 2 heterocycles. The standard InChI is InChI=1S/C13H14N4O2/c1-16(9-5-11-2-6-14-7-3-11)13-10-12(17(18)19)4-8-15-13/h2-4,6-8,10H,5,9H2,1H3. The normalized spacial score (nSPS) is 10.2. The topological polar surface area (TPSA) is 72.2 Å². The van der Waals surface area contributed by atoms with E-state index in [0.29, 0.717) is 5.82 Å². The van der Waals surface area contributed by atoms with Crippen molar-refractivity contribution in [2.75, 3.05) is 18.5 Å². The Morgan fingerprint density at radius 3 is 2.68 bits per heavy atom. The zero-order valence-electron chi connectivity index (χ0n) is 10.6. The van der Waals surface area contributed by atoms with Crippen molar-refractivity contribution in [3.63, 3.8) is 0 Å². The largest absolute Gasteiger partial charge is 0.359 e. The van der Waals surface area contributed by atoms with Gasteiger partial charge in [0.25, 0.3) is 5.69 Å². The summed E-state index contributed by atoms with van der Waals surface area (Å²) in [6.45, 7) is 0.734. The Morgan fingerprint density at radius 1 is 1.26 bits per heavy atom. The van der Waals surface area contributed by atoms with E-state index in [0.717, 1.165) is 13.0 Å². The second-order valence-corrected chi connectivity index (χ2v) is 4.16. The summed E-state index contributed by atoms with van der Waals surface area (Å²) < 4.78 is 0. The van der Waals surface area contributed by atoms with E-state index in [1.54, 1.807) is 12.4 Å². The molecule has 6 nitrogen and oxygen atoms in total. The number of nitro groups is 1. The van der Waals surface area contributed by atoms with Gasteiger partial charge in [-0.15, -0.1) is 0 Å². The van der Waals surface area contributed by atoms with Gasteiger partial charge < -0.3 is 4.90 Å². The van der Waals surface area contributed by atoms with Gasteiger partial charge in [0.2, 0.25) is 0 Å². The molecule has 0 atom stereocenters. The molecule has 0 saturated heterocycles. The van der Waals surface area contributed by atoms with E-state index in [2.05, 4.69) is 9.97 Å². The first-order chi connectivity index (χ1) is 9.16. The maximum atomic E-state index is 10.7. The molecular weight excluding hydrogens is 244 g/mol. The van der Waals surface area contributed by atoms with Crippen LogP contribution in [0.2, 0.25) is 0 Å². The summed E-state index contributed by atoms with van der Waals surface area (Å²) in [4.78, 5) is 20.3. The molecule has 2 rings (SSSR count). The quantitative estimate of drug-likeness (QED) is 0.606. The second-order valence-electron chi connectivity index (χ2n) is 4.16. The van der Waals surface area contributed by atoms with E-state index in [9.17, 15) is 10.1 Å². The molecule has 2 aromatic heterocycles. The van der Waals surface area contributed by atoms with Crippen LogP contribution in [0.15, 0.2) is 42.9 Å². The highest BCUT2D eigenvalue weighted by Gasteiger charge is 2.09. The average molecular weight is 258 g/mol. The average Bonchev–Trinajstić information content (AvgIpc) is 2.46. The molecule has 0 aromatic carbocycles. The van der Waals surface area contributed by atoms with Crippen molar-refractivity contribution in [1.82, 2.24) is 9.97 Å². The fraction of sp³-hybridized carbons (Fsp3) is 0.231. The summed E-state index contributed by atoms with van der Waals surface area (Å²) >= 11 is 0. The smallest absolute Gasteiger partial charge is 0.274 e. The van der Waals surface area contributed by atoms with Crippen LogP contribution in [0, 0.1) is 10.1 Å². The Bertz CT molecular complexity index is 560. The molecule has 0 aliphatic rings. The fourth-order valence-electron chi connectivity index (χ4n) is 1.69. The van der Waals surface area contributed by atoms with Gasteiger partial charge in [-0.1, -0.05) is 0 Å². The molecule has 0 bridgehead atoms. The zero-order chi connectivity index (χ0) is 13.7. The van der Waals surface area contributed by atoms with E-state index < -0.39 is 4.92 Å². The Morgan fingerprint density at radius 2 is 2.00 bits per heavy atom. The molecule has 98 valence electrons. The molecular formula is C13H14N4O2. The van der Waals surface area contributed by atoms with Gasteiger partial charge in [-0.2, -0.15) is 0 Å². The highest BCUT2D eigenvalue weighted by molar-refractivity contribution is 5.46. The first kappa shape index (κ1) is 12.9. The molecule has 0 radical (unpaired) electrons. The first-order valence-electron chi connectivity index (χ1n) is 5.87. The van der Waals surface area contributed by atoms with E-state index in [-0.39, 0.29) is 5.69 Å². The lowest BCUT2D eigenvalue weighted by Crippen LogP contribution is -2.21. The predicted molar refractivity (Wildman–Crippen MR) is 72.1 cm³/mol. The third kappa shape index (κ3) is 3.48. The van der Waals surface area contributed by atoms with Crippen LogP contribution in [-0.4, -0.2) is 28.5 Å². The minimum atomic E-state index is -0.415. The third-order valence-corrected chi connectivity index (χ3v) is 2.82. The Hall–Kier alpha value is -2.50. The van der Waals surface area contributed by atoms with Crippen molar-refractivity contribution in [1.29, 1.82) is 0 Å². The minimum absolute atomic E-state index is 0.0563. The molecule has 19 heavy (non-hydrogen) atoms. The SMILES string of the molecule is CN(CCc1ccncc1)c1cc([N+](=O)[O-])ccn1. The summed E-state index contributed by atoms with van der Waals surface area (Å²) in [7, 11) is 1.87. The molecule has 0 unspecified atom stereocenters. The zero-order valence-corrected chi connectivity index (χ0v) is 10.6. The van der Waals surface area contributed by atoms with Crippen molar-refractivity contribution >= 4 is 11.5 Å². The Balaban J connectivity index is 2.02. The maximum Gasteiger partial charge on any atom is 0.274 e. The number of likely N-dealkylation sites (N-methyl/N-ethyl adjacent to an activating group) is 1. The van der Waals surface area contributed by atoms with Gasteiger partial charge in [0.1, 0.15) is 5.82 Å². The van der Waals surface area contributed by atoms with Gasteiger partial charge in [0.15, 0.2) is 0 Å². The van der Waals surface area contributed by atoms with Crippen LogP contribution in [0.3, 0.4) is 0 Å². The van der Waals surface area contributed by atoms with Crippen LogP contribution >= 0.6 is 0 Å². The summed E-state index contributed by atoms with van der Waals surface area (Å²) in [5.74, 6) is 0.600. The molecule has 6 heteroatoms. The van der Waals surface area contributed by atoms with Gasteiger partial charge in [0, 0.05) is 38.2 Å². The van der Waals surface area contributed by atoms with E-state index in [1.807, 2.05) is 24.1 Å². The number of pyridine rings is 2. The van der Waals surface area contributed by atoms with Gasteiger partial charge in [-0.25, -0.2) is 4.98 Å². The summed E-state index contributed by atoms with van der Waals surface area (Å²) in [6.07, 6.45) is 5.79. The van der Waals surface area contributed by atoms with Crippen molar-refractivity contribution in [2.45, 2.75) is 6.42 Å². The van der Waals surface area contributed by atoms with Crippen LogP contribution in [0.1, 0.15) is 5.56 Å². The van der Waals surface area contributed by atoms with Crippen LogP contribution in [0.25, 0.3) is 0 Å².